The summed E-state index contributed by atoms with van der Waals surface area (Å²) in [5.74, 6) is 0.640. The number of halogens is 1. The molecule has 1 atom stereocenters. The summed E-state index contributed by atoms with van der Waals surface area (Å²) in [5.41, 5.74) is 2.26. The van der Waals surface area contributed by atoms with E-state index >= 15 is 0 Å². The highest BCUT2D eigenvalue weighted by atomic mass is 35.5. The Bertz CT molecular complexity index is 779. The van der Waals surface area contributed by atoms with E-state index in [1.807, 2.05) is 30.5 Å². The van der Waals surface area contributed by atoms with Crippen LogP contribution >= 0.6 is 11.6 Å². The van der Waals surface area contributed by atoms with Crippen molar-refractivity contribution in [2.45, 2.75) is 44.4 Å². The summed E-state index contributed by atoms with van der Waals surface area (Å²) in [5, 5.41) is -0.324. The summed E-state index contributed by atoms with van der Waals surface area (Å²) >= 11 is 6.20. The van der Waals surface area contributed by atoms with Gasteiger partial charge < -0.3 is 4.57 Å². The summed E-state index contributed by atoms with van der Waals surface area (Å²) in [6.45, 7) is 7.38. The molecule has 0 amide bonds. The van der Waals surface area contributed by atoms with Gasteiger partial charge in [-0.05, 0) is 39.8 Å². The lowest BCUT2D eigenvalue weighted by molar-refractivity contribution is 0.498. The molecule has 0 saturated heterocycles. The largest absolute Gasteiger partial charge is 0.310 e. The number of sulfone groups is 1. The number of aryl methyl sites for hydroxylation is 1. The number of fused-ring (bicyclic) bond motifs is 1. The van der Waals surface area contributed by atoms with Gasteiger partial charge in [0.25, 0.3) is 0 Å². The normalized spacial score (nSPS) is 14.6. The lowest BCUT2D eigenvalue weighted by Gasteiger charge is -2.24. The minimum Gasteiger partial charge on any atom is -0.310 e. The number of nitrogens with zero attached hydrogens (tertiary/aromatic N) is 3. The SMILES string of the molecule is Cc1ccc2nc(C(C)Cl)n(CC(C)(C)S(C)(=O)=O)c2n1. The van der Waals surface area contributed by atoms with Crippen LogP contribution < -0.4 is 0 Å². The van der Waals surface area contributed by atoms with Crippen LogP contribution in [0.3, 0.4) is 0 Å². The van der Waals surface area contributed by atoms with Gasteiger partial charge in [-0.2, -0.15) is 0 Å². The Morgan fingerprint density at radius 2 is 1.95 bits per heavy atom. The quantitative estimate of drug-likeness (QED) is 0.809. The highest BCUT2D eigenvalue weighted by molar-refractivity contribution is 7.92. The molecule has 7 heteroatoms. The van der Waals surface area contributed by atoms with Crippen LogP contribution in [0.2, 0.25) is 0 Å². The zero-order valence-electron chi connectivity index (χ0n) is 12.9. The van der Waals surface area contributed by atoms with Gasteiger partial charge in [0.05, 0.1) is 10.1 Å². The zero-order chi connectivity index (χ0) is 16.0. The third-order valence-electron chi connectivity index (χ3n) is 3.66. The number of aromatic nitrogens is 3. The van der Waals surface area contributed by atoms with Crippen LogP contribution in [0.5, 0.6) is 0 Å². The van der Waals surface area contributed by atoms with E-state index in [-0.39, 0.29) is 11.9 Å². The number of rotatable bonds is 4. The molecule has 2 heterocycles. The fourth-order valence-electron chi connectivity index (χ4n) is 2.07. The van der Waals surface area contributed by atoms with Crippen molar-refractivity contribution in [3.63, 3.8) is 0 Å². The fourth-order valence-corrected chi connectivity index (χ4v) is 2.60. The summed E-state index contributed by atoms with van der Waals surface area (Å²) in [6, 6.07) is 3.76. The first-order chi connectivity index (χ1) is 9.53. The maximum absolute atomic E-state index is 12.0. The van der Waals surface area contributed by atoms with E-state index in [2.05, 4.69) is 9.97 Å². The van der Waals surface area contributed by atoms with Gasteiger partial charge in [0.1, 0.15) is 11.3 Å². The number of alkyl halides is 1. The molecule has 1 unspecified atom stereocenters. The highest BCUT2D eigenvalue weighted by Gasteiger charge is 2.33. The fraction of sp³-hybridized carbons (Fsp3) is 0.571. The molecule has 0 aliphatic heterocycles. The van der Waals surface area contributed by atoms with Crippen molar-refractivity contribution in [2.24, 2.45) is 0 Å². The first-order valence-electron chi connectivity index (χ1n) is 6.70. The molecule has 0 aromatic carbocycles. The minimum atomic E-state index is -3.22. The van der Waals surface area contributed by atoms with E-state index in [0.717, 1.165) is 11.2 Å². The van der Waals surface area contributed by atoms with E-state index in [9.17, 15) is 8.42 Å². The Morgan fingerprint density at radius 1 is 1.33 bits per heavy atom. The summed E-state index contributed by atoms with van der Waals surface area (Å²) in [6.07, 6.45) is 1.24. The molecule has 2 aromatic rings. The second-order valence-electron chi connectivity index (χ2n) is 6.00. The molecule has 0 saturated carbocycles. The van der Waals surface area contributed by atoms with Crippen LogP contribution in [0.15, 0.2) is 12.1 Å². The van der Waals surface area contributed by atoms with Gasteiger partial charge in [-0.1, -0.05) is 0 Å². The van der Waals surface area contributed by atoms with Crippen molar-refractivity contribution in [2.75, 3.05) is 6.26 Å². The molecule has 0 spiro atoms. The molecule has 0 aliphatic carbocycles. The average molecular weight is 330 g/mol. The molecule has 116 valence electrons. The Kier molecular flexibility index (Phi) is 4.06. The molecule has 0 aliphatic rings. The second-order valence-corrected chi connectivity index (χ2v) is 9.30. The van der Waals surface area contributed by atoms with Gasteiger partial charge in [0.2, 0.25) is 0 Å². The first kappa shape index (κ1) is 16.2. The van der Waals surface area contributed by atoms with Crippen molar-refractivity contribution in [3.05, 3.63) is 23.7 Å². The lowest BCUT2D eigenvalue weighted by atomic mass is 10.2. The van der Waals surface area contributed by atoms with Gasteiger partial charge in [-0.3, -0.25) is 0 Å². The molecule has 0 bridgehead atoms. The van der Waals surface area contributed by atoms with E-state index in [0.29, 0.717) is 11.5 Å². The van der Waals surface area contributed by atoms with Crippen LogP contribution in [0, 0.1) is 6.92 Å². The molecule has 21 heavy (non-hydrogen) atoms. The summed E-state index contributed by atoms with van der Waals surface area (Å²) < 4.78 is 24.8. The number of imidazole rings is 1. The third-order valence-corrected chi connectivity index (χ3v) is 5.99. The maximum atomic E-state index is 12.0. The van der Waals surface area contributed by atoms with Gasteiger partial charge in [0, 0.05) is 18.5 Å². The Morgan fingerprint density at radius 3 is 2.48 bits per heavy atom. The van der Waals surface area contributed by atoms with Crippen LogP contribution in [0.4, 0.5) is 0 Å². The Balaban J connectivity index is 2.66. The average Bonchev–Trinajstić information content (AvgIpc) is 2.66. The van der Waals surface area contributed by atoms with E-state index in [1.165, 1.54) is 6.26 Å². The van der Waals surface area contributed by atoms with Gasteiger partial charge >= 0.3 is 0 Å². The molecule has 2 rings (SSSR count). The standard InChI is InChI=1S/C14H20ClN3O2S/c1-9-6-7-11-13(16-9)18(12(17-11)10(2)15)8-14(3,4)21(5,19)20/h6-7,10H,8H2,1-5H3. The summed E-state index contributed by atoms with van der Waals surface area (Å²) in [4.78, 5) is 8.99. The van der Waals surface area contributed by atoms with Crippen molar-refractivity contribution < 1.29 is 8.42 Å². The predicted octanol–water partition coefficient (Wildman–Crippen LogP) is 2.86. The Labute approximate surface area is 130 Å². The maximum Gasteiger partial charge on any atom is 0.160 e. The molecule has 5 nitrogen and oxygen atoms in total. The minimum absolute atomic E-state index is 0.269. The monoisotopic (exact) mass is 329 g/mol. The van der Waals surface area contributed by atoms with Crippen LogP contribution in [0.25, 0.3) is 11.2 Å². The molecular weight excluding hydrogens is 310 g/mol. The Hall–Kier alpha value is -1.14. The first-order valence-corrected chi connectivity index (χ1v) is 9.03. The second kappa shape index (κ2) is 5.25. The smallest absolute Gasteiger partial charge is 0.160 e. The number of hydrogen-bond donors (Lipinski definition) is 0. The van der Waals surface area contributed by atoms with Crippen LogP contribution in [-0.2, 0) is 16.4 Å². The van der Waals surface area contributed by atoms with Crippen LogP contribution in [-0.4, -0.2) is 34.0 Å². The third kappa shape index (κ3) is 3.06. The summed E-state index contributed by atoms with van der Waals surface area (Å²) in [7, 11) is -3.22. The molecule has 0 N–H and O–H groups in total. The topological polar surface area (TPSA) is 64.8 Å². The molecular formula is C14H20ClN3O2S. The van der Waals surface area contributed by atoms with E-state index in [1.54, 1.807) is 13.8 Å². The van der Waals surface area contributed by atoms with Gasteiger partial charge in [-0.15, -0.1) is 11.6 Å². The molecule has 0 radical (unpaired) electrons. The molecule has 2 aromatic heterocycles. The number of pyridine rings is 1. The van der Waals surface area contributed by atoms with Gasteiger partial charge in [0.15, 0.2) is 15.5 Å². The van der Waals surface area contributed by atoms with E-state index in [4.69, 9.17) is 11.6 Å². The van der Waals surface area contributed by atoms with Crippen molar-refractivity contribution in [1.29, 1.82) is 0 Å². The van der Waals surface area contributed by atoms with E-state index < -0.39 is 14.6 Å². The van der Waals surface area contributed by atoms with Gasteiger partial charge in [-0.25, -0.2) is 18.4 Å². The lowest BCUT2D eigenvalue weighted by Crippen LogP contribution is -2.36. The zero-order valence-corrected chi connectivity index (χ0v) is 14.5. The van der Waals surface area contributed by atoms with Crippen molar-refractivity contribution in [1.82, 2.24) is 14.5 Å². The van der Waals surface area contributed by atoms with Crippen molar-refractivity contribution >= 4 is 32.6 Å². The van der Waals surface area contributed by atoms with Crippen LogP contribution in [0.1, 0.15) is 37.7 Å². The molecule has 0 fully saturated rings. The van der Waals surface area contributed by atoms with Crippen molar-refractivity contribution in [3.8, 4) is 0 Å². The highest BCUT2D eigenvalue weighted by Crippen LogP contribution is 2.27. The predicted molar refractivity (Wildman–Crippen MR) is 85.5 cm³/mol. The number of hydrogen-bond acceptors (Lipinski definition) is 4.